The fourth-order valence-electron chi connectivity index (χ4n) is 3.41. The predicted octanol–water partition coefficient (Wildman–Crippen LogP) is 3.57. The smallest absolute Gasteiger partial charge is 0.252 e. The Morgan fingerprint density at radius 3 is 2.67 bits per heavy atom. The Bertz CT molecular complexity index is 696. The van der Waals surface area contributed by atoms with Crippen LogP contribution >= 0.6 is 0 Å². The fraction of sp³-hybridized carbons (Fsp3) is 0.500. The van der Waals surface area contributed by atoms with Gasteiger partial charge in [-0.2, -0.15) is 0 Å². The summed E-state index contributed by atoms with van der Waals surface area (Å²) in [7, 11) is 0. The van der Waals surface area contributed by atoms with Crippen molar-refractivity contribution in [3.8, 4) is 0 Å². The van der Waals surface area contributed by atoms with Crippen LogP contribution in [0.5, 0.6) is 0 Å². The number of nitrogens with one attached hydrogen (secondary N) is 2. The summed E-state index contributed by atoms with van der Waals surface area (Å²) in [5.41, 5.74) is 4.23. The van der Waals surface area contributed by atoms with E-state index in [1.54, 1.807) is 0 Å². The molecule has 1 heterocycles. The molecule has 3 heteroatoms. The molecule has 112 valence electrons. The first-order valence-electron chi connectivity index (χ1n) is 8.00. The molecule has 1 fully saturated rings. The zero-order valence-corrected chi connectivity index (χ0v) is 13.0. The second-order valence-electron chi connectivity index (χ2n) is 6.38. The third-order valence-electron chi connectivity index (χ3n) is 4.58. The van der Waals surface area contributed by atoms with Crippen molar-refractivity contribution in [2.75, 3.05) is 0 Å². The number of hydrogen-bond acceptors (Lipinski definition) is 2. The van der Waals surface area contributed by atoms with Crippen LogP contribution < -0.4 is 10.9 Å². The molecule has 0 unspecified atom stereocenters. The van der Waals surface area contributed by atoms with Crippen molar-refractivity contribution in [1.82, 2.24) is 10.3 Å². The molecular weight excluding hydrogens is 260 g/mol. The Morgan fingerprint density at radius 1 is 1.14 bits per heavy atom. The lowest BCUT2D eigenvalue weighted by Crippen LogP contribution is -2.32. The number of rotatable bonds is 3. The molecule has 0 bridgehead atoms. The van der Waals surface area contributed by atoms with E-state index in [0.29, 0.717) is 12.6 Å². The number of aromatic nitrogens is 1. The zero-order valence-electron chi connectivity index (χ0n) is 13.0. The first kappa shape index (κ1) is 14.3. The Labute approximate surface area is 125 Å². The summed E-state index contributed by atoms with van der Waals surface area (Å²) in [5.74, 6) is 0. The molecule has 21 heavy (non-hydrogen) atoms. The first-order valence-corrected chi connectivity index (χ1v) is 8.00. The van der Waals surface area contributed by atoms with Gasteiger partial charge in [0.2, 0.25) is 0 Å². The van der Waals surface area contributed by atoms with E-state index in [4.69, 9.17) is 0 Å². The van der Waals surface area contributed by atoms with Gasteiger partial charge in [-0.1, -0.05) is 25.3 Å². The minimum atomic E-state index is 0.0378. The van der Waals surface area contributed by atoms with Gasteiger partial charge in [-0.15, -0.1) is 0 Å². The van der Waals surface area contributed by atoms with Gasteiger partial charge in [0.05, 0.1) is 0 Å². The number of aryl methyl sites for hydroxylation is 2. The van der Waals surface area contributed by atoms with Crippen LogP contribution in [0.25, 0.3) is 10.9 Å². The maximum Gasteiger partial charge on any atom is 0.252 e. The standard InChI is InChI=1S/C18H24N2O/c1-12-8-13(2)16-10-14(18(21)20-17(16)9-12)11-19-15-6-4-3-5-7-15/h8-10,15,19H,3-7,11H2,1-2H3,(H,20,21). The van der Waals surface area contributed by atoms with Crippen molar-refractivity contribution in [2.24, 2.45) is 0 Å². The highest BCUT2D eigenvalue weighted by Gasteiger charge is 2.13. The van der Waals surface area contributed by atoms with Crippen LogP contribution in [0.1, 0.15) is 48.8 Å². The maximum atomic E-state index is 12.2. The Balaban J connectivity index is 1.85. The Hall–Kier alpha value is -1.61. The molecule has 1 aromatic carbocycles. The minimum absolute atomic E-state index is 0.0378. The van der Waals surface area contributed by atoms with Gasteiger partial charge in [0, 0.05) is 29.1 Å². The van der Waals surface area contributed by atoms with Gasteiger partial charge in [0.25, 0.3) is 5.56 Å². The van der Waals surface area contributed by atoms with Gasteiger partial charge in [0.15, 0.2) is 0 Å². The molecule has 0 amide bonds. The lowest BCUT2D eigenvalue weighted by Gasteiger charge is -2.22. The third kappa shape index (κ3) is 3.18. The number of H-pyrrole nitrogens is 1. The van der Waals surface area contributed by atoms with E-state index in [1.165, 1.54) is 43.2 Å². The molecule has 0 spiro atoms. The van der Waals surface area contributed by atoms with Gasteiger partial charge >= 0.3 is 0 Å². The molecule has 2 N–H and O–H groups in total. The molecule has 1 aliphatic rings. The summed E-state index contributed by atoms with van der Waals surface area (Å²) in [6, 6.07) is 6.84. The number of pyridine rings is 1. The largest absolute Gasteiger partial charge is 0.322 e. The number of aromatic amines is 1. The van der Waals surface area contributed by atoms with E-state index in [-0.39, 0.29) is 5.56 Å². The summed E-state index contributed by atoms with van der Waals surface area (Å²) in [6.45, 7) is 4.83. The molecule has 1 saturated carbocycles. The first-order chi connectivity index (χ1) is 10.1. The number of benzene rings is 1. The van der Waals surface area contributed by atoms with Gasteiger partial charge in [-0.05, 0) is 49.9 Å². The highest BCUT2D eigenvalue weighted by molar-refractivity contribution is 5.83. The summed E-state index contributed by atoms with van der Waals surface area (Å²) >= 11 is 0. The third-order valence-corrected chi connectivity index (χ3v) is 4.58. The lowest BCUT2D eigenvalue weighted by atomic mass is 9.95. The van der Waals surface area contributed by atoms with Crippen LogP contribution in [0, 0.1) is 13.8 Å². The van der Waals surface area contributed by atoms with E-state index in [0.717, 1.165) is 16.5 Å². The molecule has 1 aromatic heterocycles. The highest BCUT2D eigenvalue weighted by atomic mass is 16.1. The zero-order chi connectivity index (χ0) is 14.8. The van der Waals surface area contributed by atoms with E-state index in [2.05, 4.69) is 36.3 Å². The molecular formula is C18H24N2O. The normalized spacial score (nSPS) is 16.5. The molecule has 0 saturated heterocycles. The van der Waals surface area contributed by atoms with Crippen LogP contribution in [-0.2, 0) is 6.54 Å². The van der Waals surface area contributed by atoms with Crippen molar-refractivity contribution in [3.05, 3.63) is 45.2 Å². The molecule has 3 nitrogen and oxygen atoms in total. The Kier molecular flexibility index (Phi) is 4.11. The van der Waals surface area contributed by atoms with Crippen LogP contribution in [-0.4, -0.2) is 11.0 Å². The van der Waals surface area contributed by atoms with Gasteiger partial charge in [0.1, 0.15) is 0 Å². The van der Waals surface area contributed by atoms with Crippen LogP contribution in [0.2, 0.25) is 0 Å². The lowest BCUT2D eigenvalue weighted by molar-refractivity contribution is 0.372. The minimum Gasteiger partial charge on any atom is -0.322 e. The molecule has 0 aliphatic heterocycles. The van der Waals surface area contributed by atoms with Crippen LogP contribution in [0.4, 0.5) is 0 Å². The van der Waals surface area contributed by atoms with E-state index in [9.17, 15) is 4.79 Å². The summed E-state index contributed by atoms with van der Waals surface area (Å²) in [4.78, 5) is 15.3. The summed E-state index contributed by atoms with van der Waals surface area (Å²) in [5, 5.41) is 4.71. The molecule has 1 aliphatic carbocycles. The van der Waals surface area contributed by atoms with Crippen molar-refractivity contribution in [2.45, 2.75) is 58.5 Å². The number of hydrogen-bond donors (Lipinski definition) is 2. The highest BCUT2D eigenvalue weighted by Crippen LogP contribution is 2.20. The molecule has 0 atom stereocenters. The second-order valence-corrected chi connectivity index (χ2v) is 6.38. The number of fused-ring (bicyclic) bond motifs is 1. The Morgan fingerprint density at radius 2 is 1.90 bits per heavy atom. The topological polar surface area (TPSA) is 44.9 Å². The molecule has 0 radical (unpaired) electrons. The van der Waals surface area contributed by atoms with E-state index >= 15 is 0 Å². The van der Waals surface area contributed by atoms with Gasteiger partial charge in [-0.3, -0.25) is 4.79 Å². The average molecular weight is 284 g/mol. The van der Waals surface area contributed by atoms with E-state index < -0.39 is 0 Å². The van der Waals surface area contributed by atoms with Crippen molar-refractivity contribution in [1.29, 1.82) is 0 Å². The molecule has 2 aromatic rings. The monoisotopic (exact) mass is 284 g/mol. The predicted molar refractivity (Wildman–Crippen MR) is 87.8 cm³/mol. The summed E-state index contributed by atoms with van der Waals surface area (Å²) < 4.78 is 0. The second kappa shape index (κ2) is 6.02. The fourth-order valence-corrected chi connectivity index (χ4v) is 3.41. The van der Waals surface area contributed by atoms with Gasteiger partial charge in [-0.25, -0.2) is 0 Å². The quantitative estimate of drug-likeness (QED) is 0.905. The summed E-state index contributed by atoms with van der Waals surface area (Å²) in [6.07, 6.45) is 6.45. The average Bonchev–Trinajstić information content (AvgIpc) is 2.46. The molecule has 3 rings (SSSR count). The van der Waals surface area contributed by atoms with Crippen LogP contribution in [0.3, 0.4) is 0 Å². The SMILES string of the molecule is Cc1cc(C)c2cc(CNC3CCCCC3)c(=O)[nH]c2c1. The van der Waals surface area contributed by atoms with Crippen molar-refractivity contribution in [3.63, 3.8) is 0 Å². The van der Waals surface area contributed by atoms with Crippen molar-refractivity contribution < 1.29 is 0 Å². The van der Waals surface area contributed by atoms with Gasteiger partial charge < -0.3 is 10.3 Å². The van der Waals surface area contributed by atoms with Crippen molar-refractivity contribution >= 4 is 10.9 Å². The van der Waals surface area contributed by atoms with Crippen LogP contribution in [0.15, 0.2) is 23.0 Å². The maximum absolute atomic E-state index is 12.2. The van der Waals surface area contributed by atoms with E-state index in [1.807, 2.05) is 6.07 Å².